The van der Waals surface area contributed by atoms with Crippen molar-refractivity contribution in [1.29, 1.82) is 0 Å². The van der Waals surface area contributed by atoms with Crippen LogP contribution in [0.4, 0.5) is 10.5 Å². The summed E-state index contributed by atoms with van der Waals surface area (Å²) in [6.07, 6.45) is 0.873. The van der Waals surface area contributed by atoms with E-state index in [0.29, 0.717) is 32.2 Å². The minimum Gasteiger partial charge on any atom is -0.444 e. The molecule has 0 radical (unpaired) electrons. The fourth-order valence-electron chi connectivity index (χ4n) is 2.83. The van der Waals surface area contributed by atoms with E-state index in [1.165, 1.54) is 0 Å². The molecule has 4 N–H and O–H groups in total. The summed E-state index contributed by atoms with van der Waals surface area (Å²) >= 11 is 0. The molecule has 1 aliphatic rings. The van der Waals surface area contributed by atoms with Crippen LogP contribution >= 0.6 is 24.0 Å². The molecular formula is C21H34IN5O4. The monoisotopic (exact) mass is 547 g/mol. The summed E-state index contributed by atoms with van der Waals surface area (Å²) in [6.45, 7) is 7.53. The molecule has 0 spiro atoms. The summed E-state index contributed by atoms with van der Waals surface area (Å²) < 4.78 is 10.6. The molecule has 174 valence electrons. The molecule has 1 aliphatic heterocycles. The van der Waals surface area contributed by atoms with Gasteiger partial charge in [0.25, 0.3) is 5.91 Å². The zero-order valence-electron chi connectivity index (χ0n) is 18.6. The summed E-state index contributed by atoms with van der Waals surface area (Å²) in [5.74, 6) is 0.502. The number of aliphatic imine (C=N–C) groups is 1. The van der Waals surface area contributed by atoms with Crippen LogP contribution in [0.1, 0.15) is 39.2 Å². The van der Waals surface area contributed by atoms with Crippen LogP contribution < -0.4 is 21.3 Å². The van der Waals surface area contributed by atoms with Gasteiger partial charge >= 0.3 is 6.09 Å². The van der Waals surface area contributed by atoms with Gasteiger partial charge in [0.1, 0.15) is 11.7 Å². The number of nitrogens with zero attached hydrogens (tertiary/aromatic N) is 1. The summed E-state index contributed by atoms with van der Waals surface area (Å²) in [5, 5.41) is 11.9. The Bertz CT molecular complexity index is 746. The van der Waals surface area contributed by atoms with E-state index in [2.05, 4.69) is 26.3 Å². The molecule has 0 saturated carbocycles. The number of benzene rings is 1. The lowest BCUT2D eigenvalue weighted by molar-refractivity contribution is -0.124. The quantitative estimate of drug-likeness (QED) is 0.181. The highest BCUT2D eigenvalue weighted by molar-refractivity contribution is 14.0. The first-order valence-corrected chi connectivity index (χ1v) is 10.2. The predicted octanol–water partition coefficient (Wildman–Crippen LogP) is 2.61. The molecule has 0 aliphatic carbocycles. The summed E-state index contributed by atoms with van der Waals surface area (Å²) in [6, 6.07) is 7.62. The molecule has 9 nitrogen and oxygen atoms in total. The van der Waals surface area contributed by atoms with E-state index in [1.807, 2.05) is 45.0 Å². The molecule has 2 rings (SSSR count). The molecule has 2 amide bonds. The van der Waals surface area contributed by atoms with Crippen molar-refractivity contribution in [2.45, 2.75) is 51.9 Å². The van der Waals surface area contributed by atoms with E-state index in [4.69, 9.17) is 9.47 Å². The minimum absolute atomic E-state index is 0. The van der Waals surface area contributed by atoms with Crippen LogP contribution in [0.15, 0.2) is 29.3 Å². The molecule has 1 atom stereocenters. The number of hydrogen-bond acceptors (Lipinski definition) is 5. The van der Waals surface area contributed by atoms with E-state index >= 15 is 0 Å². The average Bonchev–Trinajstić information content (AvgIpc) is 3.21. The molecule has 1 aromatic rings. The maximum absolute atomic E-state index is 12.2. The zero-order chi connectivity index (χ0) is 22.0. The van der Waals surface area contributed by atoms with Gasteiger partial charge in [-0.15, -0.1) is 24.0 Å². The average molecular weight is 547 g/mol. The number of halogens is 1. The number of hydrogen-bond donors (Lipinski definition) is 4. The van der Waals surface area contributed by atoms with Crippen LogP contribution in [0.5, 0.6) is 0 Å². The fourth-order valence-corrected chi connectivity index (χ4v) is 2.83. The maximum Gasteiger partial charge on any atom is 0.407 e. The lowest BCUT2D eigenvalue weighted by Gasteiger charge is -2.20. The Morgan fingerprint density at radius 3 is 2.58 bits per heavy atom. The van der Waals surface area contributed by atoms with Gasteiger partial charge in [0.15, 0.2) is 5.96 Å². The Kier molecular flexibility index (Phi) is 11.6. The number of nitrogens with one attached hydrogen (secondary N) is 4. The highest BCUT2D eigenvalue weighted by atomic mass is 127. The molecule has 1 heterocycles. The molecule has 31 heavy (non-hydrogen) atoms. The van der Waals surface area contributed by atoms with Crippen LogP contribution in [-0.4, -0.2) is 56.4 Å². The summed E-state index contributed by atoms with van der Waals surface area (Å²) in [4.78, 5) is 28.0. The molecule has 1 unspecified atom stereocenters. The smallest absolute Gasteiger partial charge is 0.407 e. The lowest BCUT2D eigenvalue weighted by atomic mass is 10.2. The number of anilines is 1. The number of carbonyl (C=O) groups excluding carboxylic acids is 2. The molecule has 0 aromatic heterocycles. The van der Waals surface area contributed by atoms with E-state index < -0.39 is 11.7 Å². The van der Waals surface area contributed by atoms with Gasteiger partial charge in [-0.05, 0) is 51.3 Å². The van der Waals surface area contributed by atoms with Crippen molar-refractivity contribution in [3.05, 3.63) is 29.8 Å². The van der Waals surface area contributed by atoms with Crippen LogP contribution in [0.3, 0.4) is 0 Å². The van der Waals surface area contributed by atoms with Gasteiger partial charge in [0.05, 0.1) is 0 Å². The Hall–Kier alpha value is -2.08. The lowest BCUT2D eigenvalue weighted by Crippen LogP contribution is -2.42. The van der Waals surface area contributed by atoms with Gasteiger partial charge in [-0.2, -0.15) is 0 Å². The normalized spacial score (nSPS) is 16.1. The number of amides is 2. The van der Waals surface area contributed by atoms with Crippen molar-refractivity contribution in [1.82, 2.24) is 16.0 Å². The second kappa shape index (κ2) is 13.4. The van der Waals surface area contributed by atoms with Gasteiger partial charge in [0, 0.05) is 39.0 Å². The highest BCUT2D eigenvalue weighted by Gasteiger charge is 2.23. The van der Waals surface area contributed by atoms with Crippen LogP contribution in [0.2, 0.25) is 0 Å². The van der Waals surface area contributed by atoms with Gasteiger partial charge in [-0.1, -0.05) is 12.1 Å². The van der Waals surface area contributed by atoms with Gasteiger partial charge in [-0.25, -0.2) is 4.79 Å². The van der Waals surface area contributed by atoms with Crippen molar-refractivity contribution < 1.29 is 19.1 Å². The van der Waals surface area contributed by atoms with Crippen molar-refractivity contribution in [3.8, 4) is 0 Å². The van der Waals surface area contributed by atoms with E-state index in [1.54, 1.807) is 7.05 Å². The number of carbonyl (C=O) groups is 2. The Morgan fingerprint density at radius 1 is 1.19 bits per heavy atom. The topological polar surface area (TPSA) is 113 Å². The first-order chi connectivity index (χ1) is 14.3. The first-order valence-electron chi connectivity index (χ1n) is 10.2. The molecule has 1 aromatic carbocycles. The van der Waals surface area contributed by atoms with Gasteiger partial charge < -0.3 is 30.7 Å². The summed E-state index contributed by atoms with van der Waals surface area (Å²) in [7, 11) is 1.68. The number of ether oxygens (including phenoxy) is 2. The standard InChI is InChI=1S/C21H33N5O4.HI/c1-21(2,3)30-20(28)24-11-10-23-19(22-4)25-14-15-7-5-8-16(13-15)26-18(27)17-9-6-12-29-17;/h5,7-8,13,17H,6,9-12,14H2,1-4H3,(H,24,28)(H,26,27)(H2,22,23,25);1H. The Morgan fingerprint density at radius 2 is 1.94 bits per heavy atom. The van der Waals surface area contributed by atoms with Crippen molar-refractivity contribution in [2.24, 2.45) is 4.99 Å². The second-order valence-corrected chi connectivity index (χ2v) is 7.97. The second-order valence-electron chi connectivity index (χ2n) is 7.97. The predicted molar refractivity (Wildman–Crippen MR) is 132 cm³/mol. The number of alkyl carbamates (subject to hydrolysis) is 1. The molecule has 0 bridgehead atoms. The largest absolute Gasteiger partial charge is 0.444 e. The third-order valence-electron chi connectivity index (χ3n) is 4.19. The molecule has 1 saturated heterocycles. The maximum atomic E-state index is 12.2. The number of rotatable bonds is 7. The Balaban J connectivity index is 0.00000480. The van der Waals surface area contributed by atoms with E-state index in [-0.39, 0.29) is 36.0 Å². The van der Waals surface area contributed by atoms with Gasteiger partial charge in [0.2, 0.25) is 0 Å². The van der Waals surface area contributed by atoms with Crippen LogP contribution in [-0.2, 0) is 20.8 Å². The summed E-state index contributed by atoms with van der Waals surface area (Å²) in [5.41, 5.74) is 1.21. The van der Waals surface area contributed by atoms with Crippen LogP contribution in [0.25, 0.3) is 0 Å². The van der Waals surface area contributed by atoms with Crippen molar-refractivity contribution >= 4 is 47.6 Å². The van der Waals surface area contributed by atoms with E-state index in [9.17, 15) is 9.59 Å². The molecule has 1 fully saturated rings. The number of guanidine groups is 1. The highest BCUT2D eigenvalue weighted by Crippen LogP contribution is 2.16. The first kappa shape index (κ1) is 27.0. The SMILES string of the molecule is CN=C(NCCNC(=O)OC(C)(C)C)NCc1cccc(NC(=O)C2CCCO2)c1.I. The van der Waals surface area contributed by atoms with Crippen molar-refractivity contribution in [2.75, 3.05) is 32.1 Å². The third-order valence-corrected chi connectivity index (χ3v) is 4.19. The fraction of sp³-hybridized carbons (Fsp3) is 0.571. The van der Waals surface area contributed by atoms with Crippen molar-refractivity contribution in [3.63, 3.8) is 0 Å². The molecular weight excluding hydrogens is 513 g/mol. The minimum atomic E-state index is -0.521. The third kappa shape index (κ3) is 10.7. The molecule has 10 heteroatoms. The van der Waals surface area contributed by atoms with Crippen LogP contribution in [0, 0.1) is 0 Å². The van der Waals surface area contributed by atoms with E-state index in [0.717, 1.165) is 24.1 Å². The zero-order valence-corrected chi connectivity index (χ0v) is 20.9. The van der Waals surface area contributed by atoms with Gasteiger partial charge in [-0.3, -0.25) is 9.79 Å². The Labute approximate surface area is 201 Å².